The van der Waals surface area contributed by atoms with Gasteiger partial charge >= 0.3 is 0 Å². The van der Waals surface area contributed by atoms with E-state index < -0.39 is 0 Å². The number of hydrogen-bond acceptors (Lipinski definition) is 4. The molecule has 2 aromatic carbocycles. The summed E-state index contributed by atoms with van der Waals surface area (Å²) in [6.07, 6.45) is 1.77. The van der Waals surface area contributed by atoms with E-state index in [1.54, 1.807) is 13.3 Å². The second-order valence-electron chi connectivity index (χ2n) is 6.22. The zero-order valence-electron chi connectivity index (χ0n) is 15.1. The Labute approximate surface area is 176 Å². The van der Waals surface area contributed by atoms with Crippen molar-refractivity contribution >= 4 is 44.1 Å². The van der Waals surface area contributed by atoms with Gasteiger partial charge in [-0.05, 0) is 42.5 Å². The molecule has 28 heavy (non-hydrogen) atoms. The number of anilines is 1. The number of rotatable bonds is 5. The molecule has 0 aliphatic rings. The van der Waals surface area contributed by atoms with E-state index in [4.69, 9.17) is 21.3 Å². The predicted octanol–water partition coefficient (Wildman–Crippen LogP) is 6.33. The molecule has 0 aliphatic carbocycles. The molecule has 0 bridgehead atoms. The highest BCUT2D eigenvalue weighted by Crippen LogP contribution is 2.32. The van der Waals surface area contributed by atoms with Gasteiger partial charge in [0.15, 0.2) is 0 Å². The first-order valence-electron chi connectivity index (χ1n) is 8.72. The van der Waals surface area contributed by atoms with Gasteiger partial charge in [0.2, 0.25) is 0 Å². The molecule has 0 spiro atoms. The third-order valence-corrected chi connectivity index (χ3v) is 5.21. The molecule has 2 heterocycles. The fourth-order valence-electron chi connectivity index (χ4n) is 3.10. The number of nitrogens with one attached hydrogen (secondary N) is 1. The van der Waals surface area contributed by atoms with Gasteiger partial charge < -0.3 is 10.1 Å². The Balaban J connectivity index is 1.77. The van der Waals surface area contributed by atoms with Crippen LogP contribution in [-0.2, 0) is 6.54 Å². The Hall–Kier alpha value is -2.63. The van der Waals surface area contributed by atoms with Crippen LogP contribution >= 0.6 is 27.5 Å². The molecule has 1 N–H and O–H groups in total. The van der Waals surface area contributed by atoms with Gasteiger partial charge in [0.1, 0.15) is 5.75 Å². The third kappa shape index (κ3) is 3.81. The number of ether oxygens (including phenoxy) is 1. The molecule has 0 amide bonds. The second-order valence-corrected chi connectivity index (χ2v) is 7.54. The zero-order chi connectivity index (χ0) is 19.5. The number of nitrogens with zero attached hydrogens (tertiary/aromatic N) is 2. The van der Waals surface area contributed by atoms with E-state index in [-0.39, 0.29) is 0 Å². The summed E-state index contributed by atoms with van der Waals surface area (Å²) in [5, 5.41) is 5.13. The first kappa shape index (κ1) is 18.7. The molecule has 4 rings (SSSR count). The van der Waals surface area contributed by atoms with Gasteiger partial charge in [0, 0.05) is 33.9 Å². The fraction of sp³-hybridized carbons (Fsp3) is 0.0909. The van der Waals surface area contributed by atoms with Crippen molar-refractivity contribution in [2.45, 2.75) is 6.54 Å². The van der Waals surface area contributed by atoms with Gasteiger partial charge in [-0.25, -0.2) is 4.98 Å². The second kappa shape index (κ2) is 8.17. The molecular weight excluding hydrogens is 438 g/mol. The molecule has 2 aromatic heterocycles. The van der Waals surface area contributed by atoms with Crippen LogP contribution in [0.5, 0.6) is 5.75 Å². The highest BCUT2D eigenvalue weighted by atomic mass is 79.9. The maximum Gasteiger partial charge on any atom is 0.142 e. The molecule has 0 unspecified atom stereocenters. The summed E-state index contributed by atoms with van der Waals surface area (Å²) in [7, 11) is 1.63. The van der Waals surface area contributed by atoms with Crippen LogP contribution in [0.2, 0.25) is 5.02 Å². The number of methoxy groups -OCH3 is 1. The molecule has 4 aromatic rings. The molecule has 0 aliphatic heterocycles. The third-order valence-electron chi connectivity index (χ3n) is 4.42. The molecule has 0 saturated carbocycles. The standard InChI is InChI=1S/C22H17BrClN3O/c1-28-22-14(5-4-6-17(22)24)13-26-20-12-21(19-7-2-3-10-25-19)27-18-9-8-15(23)11-16(18)20/h2-12H,13H2,1H3,(H,26,27). The Kier molecular flexibility index (Phi) is 5.46. The van der Waals surface area contributed by atoms with Gasteiger partial charge in [-0.3, -0.25) is 4.98 Å². The normalized spacial score (nSPS) is 10.8. The lowest BCUT2D eigenvalue weighted by molar-refractivity contribution is 0.410. The first-order chi connectivity index (χ1) is 13.7. The molecule has 0 saturated heterocycles. The Morgan fingerprint density at radius 1 is 1.04 bits per heavy atom. The highest BCUT2D eigenvalue weighted by Gasteiger charge is 2.11. The van der Waals surface area contributed by atoms with Crippen molar-refractivity contribution in [2.75, 3.05) is 12.4 Å². The Morgan fingerprint density at radius 3 is 2.71 bits per heavy atom. The van der Waals surface area contributed by atoms with Gasteiger partial charge in [-0.1, -0.05) is 45.7 Å². The summed E-state index contributed by atoms with van der Waals surface area (Å²) >= 11 is 9.81. The van der Waals surface area contributed by atoms with E-state index in [9.17, 15) is 0 Å². The van der Waals surface area contributed by atoms with Crippen LogP contribution in [0.25, 0.3) is 22.3 Å². The number of benzene rings is 2. The van der Waals surface area contributed by atoms with Crippen molar-refractivity contribution in [2.24, 2.45) is 0 Å². The van der Waals surface area contributed by atoms with Crippen LogP contribution in [0.15, 0.2) is 71.3 Å². The predicted molar refractivity (Wildman–Crippen MR) is 118 cm³/mol. The topological polar surface area (TPSA) is 47.0 Å². The van der Waals surface area contributed by atoms with Gasteiger partial charge in [0.05, 0.1) is 29.0 Å². The average Bonchev–Trinajstić information content (AvgIpc) is 2.72. The van der Waals surface area contributed by atoms with E-state index in [0.717, 1.165) is 38.0 Å². The monoisotopic (exact) mass is 453 g/mol. The quantitative estimate of drug-likeness (QED) is 0.382. The number of para-hydroxylation sites is 1. The van der Waals surface area contributed by atoms with Crippen molar-refractivity contribution in [3.8, 4) is 17.1 Å². The average molecular weight is 455 g/mol. The minimum Gasteiger partial charge on any atom is -0.495 e. The SMILES string of the molecule is COc1c(Cl)cccc1CNc1cc(-c2ccccn2)nc2ccc(Br)cc12. The van der Waals surface area contributed by atoms with Crippen LogP contribution in [0.1, 0.15) is 5.56 Å². The summed E-state index contributed by atoms with van der Waals surface area (Å²) in [6.45, 7) is 0.566. The summed E-state index contributed by atoms with van der Waals surface area (Å²) < 4.78 is 6.46. The maximum absolute atomic E-state index is 6.26. The van der Waals surface area contributed by atoms with Crippen LogP contribution < -0.4 is 10.1 Å². The molecular formula is C22H17BrClN3O. The number of fused-ring (bicyclic) bond motifs is 1. The molecule has 0 fully saturated rings. The first-order valence-corrected chi connectivity index (χ1v) is 9.90. The number of pyridine rings is 2. The minimum absolute atomic E-state index is 0.566. The molecule has 0 atom stereocenters. The van der Waals surface area contributed by atoms with Crippen molar-refractivity contribution in [1.29, 1.82) is 0 Å². The Bertz CT molecular complexity index is 1140. The van der Waals surface area contributed by atoms with Crippen LogP contribution in [0.4, 0.5) is 5.69 Å². The Morgan fingerprint density at radius 2 is 1.93 bits per heavy atom. The number of halogens is 2. The molecule has 0 radical (unpaired) electrons. The maximum atomic E-state index is 6.26. The summed E-state index contributed by atoms with van der Waals surface area (Å²) in [5.41, 5.74) is 4.49. The lowest BCUT2D eigenvalue weighted by Crippen LogP contribution is -2.03. The smallest absolute Gasteiger partial charge is 0.142 e. The van der Waals surface area contributed by atoms with Crippen molar-refractivity contribution in [1.82, 2.24) is 9.97 Å². The van der Waals surface area contributed by atoms with E-state index in [2.05, 4.69) is 32.3 Å². The summed E-state index contributed by atoms with van der Waals surface area (Å²) in [4.78, 5) is 9.22. The largest absolute Gasteiger partial charge is 0.495 e. The summed E-state index contributed by atoms with van der Waals surface area (Å²) in [6, 6.07) is 19.6. The lowest BCUT2D eigenvalue weighted by Gasteiger charge is -2.14. The molecule has 4 nitrogen and oxygen atoms in total. The molecule has 140 valence electrons. The van der Waals surface area contributed by atoms with Gasteiger partial charge in [0.25, 0.3) is 0 Å². The van der Waals surface area contributed by atoms with Crippen molar-refractivity contribution in [3.05, 3.63) is 81.9 Å². The van der Waals surface area contributed by atoms with Crippen LogP contribution in [0.3, 0.4) is 0 Å². The van der Waals surface area contributed by atoms with Gasteiger partial charge in [-0.2, -0.15) is 0 Å². The van der Waals surface area contributed by atoms with E-state index >= 15 is 0 Å². The highest BCUT2D eigenvalue weighted by molar-refractivity contribution is 9.10. The van der Waals surface area contributed by atoms with E-state index in [0.29, 0.717) is 17.3 Å². The van der Waals surface area contributed by atoms with Gasteiger partial charge in [-0.15, -0.1) is 0 Å². The summed E-state index contributed by atoms with van der Waals surface area (Å²) in [5.74, 6) is 0.682. The van der Waals surface area contributed by atoms with E-state index in [1.807, 2.05) is 54.6 Å². The van der Waals surface area contributed by atoms with Crippen molar-refractivity contribution in [3.63, 3.8) is 0 Å². The number of hydrogen-bond donors (Lipinski definition) is 1. The minimum atomic E-state index is 0.566. The number of aromatic nitrogens is 2. The van der Waals surface area contributed by atoms with Crippen LogP contribution in [-0.4, -0.2) is 17.1 Å². The van der Waals surface area contributed by atoms with Crippen molar-refractivity contribution < 1.29 is 4.74 Å². The lowest BCUT2D eigenvalue weighted by atomic mass is 10.1. The zero-order valence-corrected chi connectivity index (χ0v) is 17.5. The molecule has 6 heteroatoms. The fourth-order valence-corrected chi connectivity index (χ4v) is 3.73. The van der Waals surface area contributed by atoms with E-state index in [1.165, 1.54) is 0 Å². The van der Waals surface area contributed by atoms with Crippen LogP contribution in [0, 0.1) is 0 Å².